The van der Waals surface area contributed by atoms with Crippen LogP contribution >= 0.6 is 23.2 Å². The quantitative estimate of drug-likeness (QED) is 0.202. The highest BCUT2D eigenvalue weighted by Crippen LogP contribution is 2.51. The summed E-state index contributed by atoms with van der Waals surface area (Å²) in [7, 11) is 0. The number of hydrogen-bond acceptors (Lipinski definition) is 6. The van der Waals surface area contributed by atoms with Crippen molar-refractivity contribution in [2.75, 3.05) is 0 Å². The van der Waals surface area contributed by atoms with Crippen LogP contribution in [0.25, 0.3) is 28.7 Å². The summed E-state index contributed by atoms with van der Waals surface area (Å²) in [6.07, 6.45) is 12.7. The molecule has 0 radical (unpaired) electrons. The van der Waals surface area contributed by atoms with E-state index in [0.29, 0.717) is 38.9 Å². The normalized spacial score (nSPS) is 22.6. The Morgan fingerprint density at radius 2 is 1.71 bits per heavy atom. The summed E-state index contributed by atoms with van der Waals surface area (Å²) < 4.78 is 11.7. The Bertz CT molecular complexity index is 1610. The molecule has 2 heterocycles. The molecule has 1 N–H and O–H groups in total. The zero-order valence-electron chi connectivity index (χ0n) is 23.7. The number of halogens is 2. The van der Waals surface area contributed by atoms with Crippen molar-refractivity contribution in [1.29, 1.82) is 0 Å². The van der Waals surface area contributed by atoms with Gasteiger partial charge in [0.1, 0.15) is 11.5 Å². The van der Waals surface area contributed by atoms with Crippen LogP contribution in [-0.4, -0.2) is 26.4 Å². The van der Waals surface area contributed by atoms with Crippen LogP contribution in [-0.2, 0) is 5.41 Å². The molecule has 4 aromatic rings. The van der Waals surface area contributed by atoms with E-state index < -0.39 is 5.97 Å². The minimum absolute atomic E-state index is 0.0173. The number of hydrogen-bond donors (Lipinski definition) is 1. The molecule has 2 aromatic carbocycles. The van der Waals surface area contributed by atoms with E-state index in [1.165, 1.54) is 0 Å². The number of aromatic carboxylic acids is 1. The second-order valence-electron chi connectivity index (χ2n) is 12.0. The Labute approximate surface area is 254 Å². The van der Waals surface area contributed by atoms with Crippen LogP contribution in [0.1, 0.15) is 98.7 Å². The number of allylic oxidation sites excluding steroid dienone is 1. The van der Waals surface area contributed by atoms with Crippen molar-refractivity contribution in [2.45, 2.75) is 76.5 Å². The van der Waals surface area contributed by atoms with Gasteiger partial charge in [-0.2, -0.15) is 4.98 Å². The third kappa shape index (κ3) is 5.52. The van der Waals surface area contributed by atoms with E-state index in [-0.39, 0.29) is 16.4 Å². The largest absolute Gasteiger partial charge is 0.478 e. The molecule has 0 bridgehead atoms. The molecule has 0 atom stereocenters. The lowest BCUT2D eigenvalue weighted by atomic mass is 9.62. The Kier molecular flexibility index (Phi) is 7.75. The lowest BCUT2D eigenvalue weighted by molar-refractivity contribution is 0.0697. The van der Waals surface area contributed by atoms with Crippen molar-refractivity contribution in [2.24, 2.45) is 5.41 Å². The maximum Gasteiger partial charge on any atom is 0.335 e. The van der Waals surface area contributed by atoms with E-state index >= 15 is 0 Å². The molecule has 6 rings (SSSR count). The van der Waals surface area contributed by atoms with E-state index in [4.69, 9.17) is 37.2 Å². The first kappa shape index (κ1) is 28.7. The average Bonchev–Trinajstić information content (AvgIpc) is 3.54. The summed E-state index contributed by atoms with van der Waals surface area (Å²) in [5, 5.41) is 19.0. The van der Waals surface area contributed by atoms with Crippen molar-refractivity contribution in [1.82, 2.24) is 15.3 Å². The Hall–Kier alpha value is -3.42. The number of carboxylic acids is 1. The maximum atomic E-state index is 11.2. The smallest absolute Gasteiger partial charge is 0.335 e. The van der Waals surface area contributed by atoms with Crippen molar-refractivity contribution >= 4 is 35.2 Å². The van der Waals surface area contributed by atoms with Gasteiger partial charge in [-0.3, -0.25) is 0 Å². The number of rotatable bonds is 9. The van der Waals surface area contributed by atoms with Gasteiger partial charge >= 0.3 is 5.97 Å². The third-order valence-electron chi connectivity index (χ3n) is 8.94. The van der Waals surface area contributed by atoms with Gasteiger partial charge in [0.05, 0.1) is 15.6 Å². The van der Waals surface area contributed by atoms with E-state index in [2.05, 4.69) is 36.3 Å². The van der Waals surface area contributed by atoms with Crippen LogP contribution in [0, 0.1) is 5.41 Å². The first-order valence-electron chi connectivity index (χ1n) is 14.5. The van der Waals surface area contributed by atoms with Gasteiger partial charge in [0.25, 0.3) is 0 Å². The average molecular weight is 607 g/mol. The Morgan fingerprint density at radius 3 is 2.33 bits per heavy atom. The first-order valence-corrected chi connectivity index (χ1v) is 15.3. The molecule has 2 fully saturated rings. The summed E-state index contributed by atoms with van der Waals surface area (Å²) >= 11 is 13.2. The van der Waals surface area contributed by atoms with Crippen molar-refractivity contribution in [3.8, 4) is 22.6 Å². The minimum Gasteiger partial charge on any atom is -0.478 e. The van der Waals surface area contributed by atoms with Crippen LogP contribution in [0.5, 0.6) is 0 Å². The van der Waals surface area contributed by atoms with Gasteiger partial charge in [-0.25, -0.2) is 4.79 Å². The number of aromatic nitrogens is 3. The standard InChI is InChI=1S/C33H33Cl2N3O4/c1-3-14-33(15-13-23-27(37-41-28(23)20-7-8-20)26-24(34)5-4-6-25(26)35)18-16-32(2,17-19-33)31-36-29(38-42-31)21-9-11-22(12-10-21)30(39)40/h4-6,9-13,15,20H,3,7-8,14,16-19H2,1-2H3,(H,39,40)/b15-13+. The van der Waals surface area contributed by atoms with Gasteiger partial charge in [-0.15, -0.1) is 0 Å². The number of benzene rings is 2. The molecule has 2 aliphatic rings. The predicted octanol–water partition coefficient (Wildman–Crippen LogP) is 9.61. The molecule has 42 heavy (non-hydrogen) atoms. The molecule has 218 valence electrons. The van der Waals surface area contributed by atoms with Gasteiger partial charge in [-0.05, 0) is 74.6 Å². The molecular formula is C33H33Cl2N3O4. The molecule has 9 heteroatoms. The topological polar surface area (TPSA) is 102 Å². The first-order chi connectivity index (χ1) is 20.2. The Balaban J connectivity index is 1.25. The molecule has 0 aliphatic heterocycles. The fourth-order valence-corrected chi connectivity index (χ4v) is 6.71. The van der Waals surface area contributed by atoms with Crippen LogP contribution in [0.15, 0.2) is 57.6 Å². The lowest BCUT2D eigenvalue weighted by Gasteiger charge is -2.42. The zero-order valence-corrected chi connectivity index (χ0v) is 25.2. The molecule has 0 amide bonds. The molecule has 2 saturated carbocycles. The minimum atomic E-state index is -0.966. The maximum absolute atomic E-state index is 11.2. The van der Waals surface area contributed by atoms with E-state index in [0.717, 1.165) is 68.3 Å². The zero-order chi connectivity index (χ0) is 29.5. The van der Waals surface area contributed by atoms with Crippen LogP contribution in [0.4, 0.5) is 0 Å². The highest BCUT2D eigenvalue weighted by atomic mass is 35.5. The Morgan fingerprint density at radius 1 is 1.02 bits per heavy atom. The summed E-state index contributed by atoms with van der Waals surface area (Å²) in [6.45, 7) is 4.42. The van der Waals surface area contributed by atoms with Crippen LogP contribution < -0.4 is 0 Å². The van der Waals surface area contributed by atoms with Gasteiger partial charge < -0.3 is 14.2 Å². The lowest BCUT2D eigenvalue weighted by Crippen LogP contribution is -2.34. The molecule has 0 saturated heterocycles. The predicted molar refractivity (Wildman–Crippen MR) is 163 cm³/mol. The molecule has 7 nitrogen and oxygen atoms in total. The van der Waals surface area contributed by atoms with Gasteiger partial charge in [-0.1, -0.05) is 84.1 Å². The van der Waals surface area contributed by atoms with E-state index in [1.54, 1.807) is 24.3 Å². The van der Waals surface area contributed by atoms with Gasteiger partial charge in [0.2, 0.25) is 11.7 Å². The number of carboxylic acid groups (broad SMARTS) is 1. The van der Waals surface area contributed by atoms with E-state index in [1.807, 2.05) is 18.2 Å². The summed E-state index contributed by atoms with van der Waals surface area (Å²) in [5.74, 6) is 1.43. The molecular weight excluding hydrogens is 573 g/mol. The van der Waals surface area contributed by atoms with E-state index in [9.17, 15) is 9.90 Å². The molecule has 2 aliphatic carbocycles. The summed E-state index contributed by atoms with van der Waals surface area (Å²) in [4.78, 5) is 15.9. The second-order valence-corrected chi connectivity index (χ2v) is 12.8. The molecule has 0 spiro atoms. The molecule has 0 unspecified atom stereocenters. The fourth-order valence-electron chi connectivity index (χ4n) is 6.13. The van der Waals surface area contributed by atoms with Crippen molar-refractivity contribution in [3.05, 3.63) is 81.4 Å². The van der Waals surface area contributed by atoms with Gasteiger partial charge in [0.15, 0.2) is 0 Å². The number of carbonyl (C=O) groups is 1. The SMILES string of the molecule is CCCC1(/C=C/c2c(-c3c(Cl)cccc3Cl)noc2C2CC2)CCC(C)(c2nc(-c3ccc(C(=O)O)cc3)no2)CC1. The van der Waals surface area contributed by atoms with Gasteiger partial charge in [0, 0.05) is 28.0 Å². The highest BCUT2D eigenvalue weighted by Gasteiger charge is 2.43. The third-order valence-corrected chi connectivity index (χ3v) is 9.57. The second kappa shape index (κ2) is 11.3. The molecule has 2 aromatic heterocycles. The fraction of sp³-hybridized carbons (Fsp3) is 0.394. The van der Waals surface area contributed by atoms with Crippen LogP contribution in [0.3, 0.4) is 0 Å². The van der Waals surface area contributed by atoms with Crippen molar-refractivity contribution < 1.29 is 18.9 Å². The summed E-state index contributed by atoms with van der Waals surface area (Å²) in [6, 6.07) is 12.0. The highest BCUT2D eigenvalue weighted by molar-refractivity contribution is 6.39. The van der Waals surface area contributed by atoms with Crippen molar-refractivity contribution in [3.63, 3.8) is 0 Å². The number of nitrogens with zero attached hydrogens (tertiary/aromatic N) is 3. The van der Waals surface area contributed by atoms with Crippen LogP contribution in [0.2, 0.25) is 10.0 Å². The monoisotopic (exact) mass is 605 g/mol. The summed E-state index contributed by atoms with van der Waals surface area (Å²) in [5.41, 5.74) is 3.11.